The largest absolute Gasteiger partial charge is 0.454 e. The highest BCUT2D eigenvalue weighted by atomic mass is 19.1. The first-order valence-electron chi connectivity index (χ1n) is 9.27. The average molecular weight is 397 g/mol. The molecule has 0 bridgehead atoms. The Morgan fingerprint density at radius 2 is 1.90 bits per heavy atom. The number of nitrogens with one attached hydrogen (secondary N) is 1. The Balaban J connectivity index is 1.49. The summed E-state index contributed by atoms with van der Waals surface area (Å²) >= 11 is 0. The summed E-state index contributed by atoms with van der Waals surface area (Å²) in [6.45, 7) is 4.09. The molecule has 2 aromatic carbocycles. The molecular formula is C21H20FN3O4. The lowest BCUT2D eigenvalue weighted by Crippen LogP contribution is -2.33. The molecule has 1 aromatic heterocycles. The van der Waals surface area contributed by atoms with Crippen LogP contribution in [0, 0.1) is 11.7 Å². The maximum Gasteiger partial charge on any atom is 0.249 e. The number of amides is 1. The standard InChI is InChI=1S/C21H20FN3O4/c1-12(2)19(23-18(26)9-13-3-6-15(22)7-4-13)21-24-20(25-29-21)14-5-8-16-17(10-14)28-11-27-16/h3-8,10,12,19H,9,11H2,1-2H3,(H,23,26)/t19-/m0/s1. The Bertz CT molecular complexity index is 1020. The van der Waals surface area contributed by atoms with Gasteiger partial charge in [-0.3, -0.25) is 4.79 Å². The van der Waals surface area contributed by atoms with Crippen molar-refractivity contribution in [1.29, 1.82) is 0 Å². The van der Waals surface area contributed by atoms with Gasteiger partial charge < -0.3 is 19.3 Å². The number of ether oxygens (including phenoxy) is 2. The van der Waals surface area contributed by atoms with Gasteiger partial charge in [0, 0.05) is 5.56 Å². The third-order valence-corrected chi connectivity index (χ3v) is 4.60. The van der Waals surface area contributed by atoms with Crippen LogP contribution < -0.4 is 14.8 Å². The third kappa shape index (κ3) is 4.21. The van der Waals surface area contributed by atoms with Gasteiger partial charge in [0.1, 0.15) is 11.9 Å². The zero-order chi connectivity index (χ0) is 20.4. The topological polar surface area (TPSA) is 86.5 Å². The van der Waals surface area contributed by atoms with Gasteiger partial charge in [-0.25, -0.2) is 4.39 Å². The van der Waals surface area contributed by atoms with Crippen molar-refractivity contribution in [3.05, 3.63) is 59.7 Å². The Hall–Kier alpha value is -3.42. The molecular weight excluding hydrogens is 377 g/mol. The second kappa shape index (κ2) is 7.90. The SMILES string of the molecule is CC(C)[C@H](NC(=O)Cc1ccc(F)cc1)c1nc(-c2ccc3c(c2)OCO3)no1. The highest BCUT2D eigenvalue weighted by Gasteiger charge is 2.25. The number of aromatic nitrogens is 2. The van der Waals surface area contributed by atoms with E-state index in [-0.39, 0.29) is 30.9 Å². The van der Waals surface area contributed by atoms with E-state index in [0.717, 1.165) is 11.1 Å². The lowest BCUT2D eigenvalue weighted by Gasteiger charge is -2.18. The summed E-state index contributed by atoms with van der Waals surface area (Å²) in [5.74, 6) is 1.50. The van der Waals surface area contributed by atoms with Crippen LogP contribution in [0.2, 0.25) is 0 Å². The van der Waals surface area contributed by atoms with Crippen molar-refractivity contribution in [1.82, 2.24) is 15.5 Å². The fraction of sp³-hybridized carbons (Fsp3) is 0.286. The van der Waals surface area contributed by atoms with Crippen molar-refractivity contribution >= 4 is 5.91 Å². The minimum absolute atomic E-state index is 0.0252. The van der Waals surface area contributed by atoms with Gasteiger partial charge in [-0.1, -0.05) is 31.1 Å². The van der Waals surface area contributed by atoms with E-state index in [4.69, 9.17) is 14.0 Å². The van der Waals surface area contributed by atoms with Crippen LogP contribution in [0.25, 0.3) is 11.4 Å². The van der Waals surface area contributed by atoms with Crippen LogP contribution in [0.3, 0.4) is 0 Å². The number of benzene rings is 2. The van der Waals surface area contributed by atoms with E-state index in [1.165, 1.54) is 12.1 Å². The van der Waals surface area contributed by atoms with E-state index in [9.17, 15) is 9.18 Å². The van der Waals surface area contributed by atoms with Crippen molar-refractivity contribution in [2.24, 2.45) is 5.92 Å². The van der Waals surface area contributed by atoms with Gasteiger partial charge in [0.05, 0.1) is 6.42 Å². The second-order valence-corrected chi connectivity index (χ2v) is 7.12. The van der Waals surface area contributed by atoms with Crippen LogP contribution in [0.5, 0.6) is 11.5 Å². The predicted molar refractivity (Wildman–Crippen MR) is 102 cm³/mol. The van der Waals surface area contributed by atoms with Gasteiger partial charge in [0.25, 0.3) is 0 Å². The predicted octanol–water partition coefficient (Wildman–Crippen LogP) is 3.66. The van der Waals surface area contributed by atoms with Crippen LogP contribution in [0.1, 0.15) is 31.3 Å². The maximum atomic E-state index is 13.0. The molecule has 0 spiro atoms. The van der Waals surface area contributed by atoms with Crippen LogP contribution in [-0.4, -0.2) is 22.8 Å². The monoisotopic (exact) mass is 397 g/mol. The van der Waals surface area contributed by atoms with Crippen molar-refractivity contribution in [2.75, 3.05) is 6.79 Å². The van der Waals surface area contributed by atoms with E-state index in [2.05, 4.69) is 15.5 Å². The van der Waals surface area contributed by atoms with Gasteiger partial charge in [-0.15, -0.1) is 0 Å². The molecule has 29 heavy (non-hydrogen) atoms. The Morgan fingerprint density at radius 1 is 1.14 bits per heavy atom. The molecule has 1 amide bonds. The minimum Gasteiger partial charge on any atom is -0.454 e. The van der Waals surface area contributed by atoms with Crippen LogP contribution >= 0.6 is 0 Å². The fourth-order valence-electron chi connectivity index (χ4n) is 3.04. The van der Waals surface area contributed by atoms with E-state index >= 15 is 0 Å². The number of rotatable bonds is 6. The molecule has 1 N–H and O–H groups in total. The van der Waals surface area contributed by atoms with Crippen LogP contribution in [0.15, 0.2) is 47.0 Å². The molecule has 0 fully saturated rings. The molecule has 0 saturated heterocycles. The number of nitrogens with zero attached hydrogens (tertiary/aromatic N) is 2. The van der Waals surface area contributed by atoms with Crippen LogP contribution in [0.4, 0.5) is 4.39 Å². The summed E-state index contributed by atoms with van der Waals surface area (Å²) in [6.07, 6.45) is 0.132. The summed E-state index contributed by atoms with van der Waals surface area (Å²) in [7, 11) is 0. The summed E-state index contributed by atoms with van der Waals surface area (Å²) in [4.78, 5) is 16.9. The van der Waals surface area contributed by atoms with Gasteiger partial charge in [0.2, 0.25) is 24.4 Å². The summed E-state index contributed by atoms with van der Waals surface area (Å²) in [6, 6.07) is 10.8. The van der Waals surface area contributed by atoms with E-state index in [1.807, 2.05) is 19.9 Å². The lowest BCUT2D eigenvalue weighted by molar-refractivity contribution is -0.121. The molecule has 3 aromatic rings. The number of hydrogen-bond acceptors (Lipinski definition) is 6. The van der Waals surface area contributed by atoms with Crippen molar-refractivity contribution in [3.8, 4) is 22.9 Å². The lowest BCUT2D eigenvalue weighted by atomic mass is 10.0. The molecule has 1 atom stereocenters. The van der Waals surface area contributed by atoms with E-state index in [1.54, 1.807) is 24.3 Å². The molecule has 2 heterocycles. The summed E-state index contributed by atoms with van der Waals surface area (Å²) < 4.78 is 29.2. The van der Waals surface area contributed by atoms with Crippen LogP contribution in [-0.2, 0) is 11.2 Å². The molecule has 1 aliphatic heterocycles. The molecule has 8 heteroatoms. The Kier molecular flexibility index (Phi) is 5.16. The van der Waals surface area contributed by atoms with Gasteiger partial charge in [-0.05, 0) is 41.8 Å². The smallest absolute Gasteiger partial charge is 0.249 e. The number of fused-ring (bicyclic) bond motifs is 1. The number of hydrogen-bond donors (Lipinski definition) is 1. The zero-order valence-corrected chi connectivity index (χ0v) is 16.0. The van der Waals surface area contributed by atoms with Crippen molar-refractivity contribution in [3.63, 3.8) is 0 Å². The summed E-state index contributed by atoms with van der Waals surface area (Å²) in [5, 5.41) is 6.97. The highest BCUT2D eigenvalue weighted by molar-refractivity contribution is 5.79. The third-order valence-electron chi connectivity index (χ3n) is 4.60. The van der Waals surface area contributed by atoms with Crippen molar-refractivity contribution < 1.29 is 23.2 Å². The Morgan fingerprint density at radius 3 is 2.66 bits per heavy atom. The first-order valence-corrected chi connectivity index (χ1v) is 9.27. The Labute approximate surface area is 166 Å². The highest BCUT2D eigenvalue weighted by Crippen LogP contribution is 2.35. The fourth-order valence-corrected chi connectivity index (χ4v) is 3.04. The van der Waals surface area contributed by atoms with E-state index < -0.39 is 6.04 Å². The van der Waals surface area contributed by atoms with Gasteiger partial charge in [0.15, 0.2) is 11.5 Å². The number of carbonyl (C=O) groups is 1. The first-order chi connectivity index (χ1) is 14.0. The number of carbonyl (C=O) groups excluding carboxylic acids is 1. The molecule has 4 rings (SSSR count). The van der Waals surface area contributed by atoms with Gasteiger partial charge in [-0.2, -0.15) is 4.98 Å². The quantitative estimate of drug-likeness (QED) is 0.683. The molecule has 7 nitrogen and oxygen atoms in total. The van der Waals surface area contributed by atoms with Crippen molar-refractivity contribution in [2.45, 2.75) is 26.3 Å². The minimum atomic E-state index is -0.446. The average Bonchev–Trinajstić information content (AvgIpc) is 3.36. The molecule has 0 saturated carbocycles. The molecule has 1 aliphatic rings. The molecule has 150 valence electrons. The van der Waals surface area contributed by atoms with E-state index in [0.29, 0.717) is 23.2 Å². The normalized spacial score (nSPS) is 13.5. The summed E-state index contributed by atoms with van der Waals surface area (Å²) in [5.41, 5.74) is 1.45. The second-order valence-electron chi connectivity index (χ2n) is 7.12. The first kappa shape index (κ1) is 18.9. The van der Waals surface area contributed by atoms with Gasteiger partial charge >= 0.3 is 0 Å². The zero-order valence-electron chi connectivity index (χ0n) is 16.0. The molecule has 0 unspecified atom stereocenters. The maximum absolute atomic E-state index is 13.0. The molecule has 0 aliphatic carbocycles. The molecule has 0 radical (unpaired) electrons. The number of halogens is 1.